The highest BCUT2D eigenvalue weighted by molar-refractivity contribution is 7.47. The normalized spacial score (nSPS) is 34.8. The van der Waals surface area contributed by atoms with E-state index in [2.05, 4.69) is 9.97 Å². The number of hydrogen-bond acceptors (Lipinski definition) is 11. The van der Waals surface area contributed by atoms with Gasteiger partial charge < -0.3 is 24.6 Å². The fourth-order valence-electron chi connectivity index (χ4n) is 5.86. The van der Waals surface area contributed by atoms with Crippen LogP contribution in [0.25, 0.3) is 0 Å². The van der Waals surface area contributed by atoms with E-state index in [0.717, 1.165) is 9.13 Å². The number of nitrogens with one attached hydrogen (secondary N) is 2. The maximum absolute atomic E-state index is 13.0. The van der Waals surface area contributed by atoms with Crippen LogP contribution in [-0.4, -0.2) is 71.3 Å². The molecule has 0 spiro atoms. The van der Waals surface area contributed by atoms with E-state index in [1.165, 1.54) is 26.2 Å². The minimum atomic E-state index is -4.84. The van der Waals surface area contributed by atoms with Crippen LogP contribution in [0, 0.1) is 25.7 Å². The Morgan fingerprint density at radius 3 is 2.33 bits per heavy atom. The summed E-state index contributed by atoms with van der Waals surface area (Å²) in [6.07, 6.45) is -2.55. The number of fused-ring (bicyclic) bond motifs is 2. The van der Waals surface area contributed by atoms with Crippen LogP contribution in [0.2, 0.25) is 0 Å². The van der Waals surface area contributed by atoms with E-state index in [-0.39, 0.29) is 29.9 Å². The Bertz CT molecular complexity index is 1580. The molecule has 5 rings (SSSR count). The van der Waals surface area contributed by atoms with Gasteiger partial charge in [0.05, 0.1) is 19.3 Å². The number of ether oxygens (including phenoxy) is 2. The lowest BCUT2D eigenvalue weighted by molar-refractivity contribution is -0.149. The molecule has 5 N–H and O–H groups in total. The fourth-order valence-corrected chi connectivity index (χ4v) is 6.88. The molecule has 2 bridgehead atoms. The summed E-state index contributed by atoms with van der Waals surface area (Å²) in [6, 6.07) is 0. The van der Waals surface area contributed by atoms with Gasteiger partial charge in [0.25, 0.3) is 11.1 Å². The summed E-state index contributed by atoms with van der Waals surface area (Å²) in [6.45, 7) is 3.68. The Morgan fingerprint density at radius 2 is 1.70 bits per heavy atom. The molecular formula is C23H31N4O12P. The highest BCUT2D eigenvalue weighted by Gasteiger charge is 2.66. The van der Waals surface area contributed by atoms with Gasteiger partial charge in [-0.25, -0.2) is 14.2 Å². The molecule has 3 fully saturated rings. The molecule has 2 aliphatic heterocycles. The van der Waals surface area contributed by atoms with Crippen LogP contribution in [0.3, 0.4) is 0 Å². The molecular weight excluding hydrogens is 555 g/mol. The third-order valence-corrected chi connectivity index (χ3v) is 8.84. The van der Waals surface area contributed by atoms with Crippen LogP contribution < -0.4 is 22.5 Å². The molecule has 2 aromatic heterocycles. The number of rotatable bonds is 8. The number of aliphatic hydroxyl groups is 2. The van der Waals surface area contributed by atoms with Crippen LogP contribution >= 0.6 is 7.82 Å². The molecule has 0 radical (unpaired) electrons. The van der Waals surface area contributed by atoms with Crippen LogP contribution in [0.5, 0.6) is 0 Å². The van der Waals surface area contributed by atoms with Gasteiger partial charge in [-0.1, -0.05) is 6.92 Å². The zero-order chi connectivity index (χ0) is 29.1. The first-order chi connectivity index (χ1) is 18.7. The highest BCUT2D eigenvalue weighted by Crippen LogP contribution is 2.61. The van der Waals surface area contributed by atoms with Gasteiger partial charge in [0, 0.05) is 35.9 Å². The first kappa shape index (κ1) is 28.8. The van der Waals surface area contributed by atoms with E-state index >= 15 is 0 Å². The molecule has 1 saturated carbocycles. The van der Waals surface area contributed by atoms with E-state index in [4.69, 9.17) is 18.5 Å². The second kappa shape index (κ2) is 10.3. The van der Waals surface area contributed by atoms with Gasteiger partial charge in [0.15, 0.2) is 0 Å². The topological polar surface area (TPSA) is 224 Å². The van der Waals surface area contributed by atoms with Gasteiger partial charge >= 0.3 is 19.2 Å². The van der Waals surface area contributed by atoms with Gasteiger partial charge in [-0.05, 0) is 26.2 Å². The molecule has 1 unspecified atom stereocenters. The van der Waals surface area contributed by atoms with Gasteiger partial charge in [-0.3, -0.25) is 37.7 Å². The van der Waals surface area contributed by atoms with Crippen molar-refractivity contribution >= 4 is 7.82 Å². The van der Waals surface area contributed by atoms with Crippen molar-refractivity contribution in [3.8, 4) is 0 Å². The van der Waals surface area contributed by atoms with Gasteiger partial charge in [0.1, 0.15) is 30.3 Å². The van der Waals surface area contributed by atoms with Crippen molar-refractivity contribution in [3.63, 3.8) is 0 Å². The third kappa shape index (κ3) is 4.99. The Balaban J connectivity index is 1.30. The summed E-state index contributed by atoms with van der Waals surface area (Å²) in [5.41, 5.74) is -3.51. The Labute approximate surface area is 225 Å². The number of aliphatic hydroxyl groups excluding tert-OH is 2. The number of H-pyrrole nitrogens is 2. The van der Waals surface area contributed by atoms with Crippen molar-refractivity contribution in [2.75, 3.05) is 13.2 Å². The average Bonchev–Trinajstić information content (AvgIpc) is 3.48. The van der Waals surface area contributed by atoms with Gasteiger partial charge in [-0.15, -0.1) is 0 Å². The minimum absolute atomic E-state index is 0.0469. The van der Waals surface area contributed by atoms with Crippen molar-refractivity contribution in [1.29, 1.82) is 0 Å². The molecule has 3 aliphatic rings. The van der Waals surface area contributed by atoms with Crippen molar-refractivity contribution in [1.82, 2.24) is 19.1 Å². The molecule has 4 heterocycles. The second-order valence-corrected chi connectivity index (χ2v) is 12.1. The maximum atomic E-state index is 13.0. The van der Waals surface area contributed by atoms with E-state index < -0.39 is 85.8 Å². The van der Waals surface area contributed by atoms with Gasteiger partial charge in [0.2, 0.25) is 0 Å². The lowest BCUT2D eigenvalue weighted by atomic mass is 9.95. The largest absolute Gasteiger partial charge is 0.472 e. The van der Waals surface area contributed by atoms with Crippen LogP contribution in [-0.2, 0) is 23.1 Å². The van der Waals surface area contributed by atoms with Crippen molar-refractivity contribution in [2.24, 2.45) is 11.8 Å². The summed E-state index contributed by atoms with van der Waals surface area (Å²) < 4.78 is 37.7. The van der Waals surface area contributed by atoms with Crippen LogP contribution in [0.4, 0.5) is 0 Å². The second-order valence-electron chi connectivity index (χ2n) is 10.7. The van der Waals surface area contributed by atoms with E-state index in [1.54, 1.807) is 0 Å². The quantitative estimate of drug-likeness (QED) is 0.229. The molecule has 40 heavy (non-hydrogen) atoms. The summed E-state index contributed by atoms with van der Waals surface area (Å²) in [7, 11) is -4.84. The molecule has 9 atom stereocenters. The summed E-state index contributed by atoms with van der Waals surface area (Å²) >= 11 is 0. The standard InChI is InChI=1S/C23H31N4O12P/c1-10-5-23(9-28)17(16(10)20(38-23)27-7-12(3)19(31)25-22(27)33)39-40(34,35)36-8-14-13(29)4-15(37-14)26-6-11(2)18(30)24-21(26)32/h6-7,10,13-17,20,28-29H,4-5,8-9H2,1-3H3,(H,34,35)(H,24,30,32)(H,25,31,33)/t10-,13-,14+,15+,16-,17-,20+,23+/m0/s1. The average molecular weight is 586 g/mol. The zero-order valence-corrected chi connectivity index (χ0v) is 22.8. The Hall–Kier alpha value is -2.69. The molecule has 0 amide bonds. The van der Waals surface area contributed by atoms with E-state index in [9.17, 15) is 38.8 Å². The lowest BCUT2D eigenvalue weighted by Crippen LogP contribution is -2.43. The van der Waals surface area contributed by atoms with Crippen molar-refractivity contribution in [2.45, 2.75) is 70.0 Å². The lowest BCUT2D eigenvalue weighted by Gasteiger charge is -2.33. The summed E-state index contributed by atoms with van der Waals surface area (Å²) in [5.74, 6) is -0.873. The molecule has 17 heteroatoms. The summed E-state index contributed by atoms with van der Waals surface area (Å²) in [4.78, 5) is 63.1. The Morgan fingerprint density at radius 1 is 1.10 bits per heavy atom. The zero-order valence-electron chi connectivity index (χ0n) is 21.9. The molecule has 16 nitrogen and oxygen atoms in total. The number of aromatic amines is 2. The molecule has 2 saturated heterocycles. The van der Waals surface area contributed by atoms with Gasteiger partial charge in [-0.2, -0.15) is 0 Å². The number of phosphoric ester groups is 1. The summed E-state index contributed by atoms with van der Waals surface area (Å²) in [5, 5.41) is 20.7. The van der Waals surface area contributed by atoms with E-state index in [0.29, 0.717) is 0 Å². The highest BCUT2D eigenvalue weighted by atomic mass is 31.2. The molecule has 0 aromatic carbocycles. The first-order valence-corrected chi connectivity index (χ1v) is 14.2. The fraction of sp³-hybridized carbons (Fsp3) is 0.652. The Kier molecular flexibility index (Phi) is 7.42. The number of phosphoric acid groups is 1. The SMILES string of the molecule is Cc1cn([C@@H]2O[C@@]3(CO)C[C@H](C)[C@H]2[C@@H]3OP(=O)(O)OC[C@H]2O[C@@H](n3cc(C)c(=O)[nH]c3=O)C[C@@H]2O)c(=O)[nH]c1=O. The van der Waals surface area contributed by atoms with Crippen molar-refractivity contribution in [3.05, 3.63) is 65.2 Å². The van der Waals surface area contributed by atoms with Crippen molar-refractivity contribution < 1.29 is 38.2 Å². The maximum Gasteiger partial charge on any atom is 0.472 e. The number of aryl methyl sites for hydroxylation is 2. The van der Waals surface area contributed by atoms with Crippen LogP contribution in [0.1, 0.15) is 43.3 Å². The predicted molar refractivity (Wildman–Crippen MR) is 135 cm³/mol. The molecule has 2 aromatic rings. The number of nitrogens with zero attached hydrogens (tertiary/aromatic N) is 2. The predicted octanol–water partition coefficient (Wildman–Crippen LogP) is -1.23. The molecule has 1 aliphatic carbocycles. The molecule has 220 valence electrons. The first-order valence-electron chi connectivity index (χ1n) is 12.7. The number of aromatic nitrogens is 4. The minimum Gasteiger partial charge on any atom is -0.393 e. The number of hydrogen-bond donors (Lipinski definition) is 5. The van der Waals surface area contributed by atoms with Crippen LogP contribution in [0.15, 0.2) is 31.6 Å². The monoisotopic (exact) mass is 586 g/mol. The smallest absolute Gasteiger partial charge is 0.393 e. The third-order valence-electron chi connectivity index (χ3n) is 7.87. The van der Waals surface area contributed by atoms with E-state index in [1.807, 2.05) is 6.92 Å².